The van der Waals surface area contributed by atoms with Crippen molar-refractivity contribution >= 4 is 11.7 Å². The van der Waals surface area contributed by atoms with Gasteiger partial charge in [0.25, 0.3) is 0 Å². The minimum absolute atomic E-state index is 0.0559. The van der Waals surface area contributed by atoms with Crippen LogP contribution in [0.2, 0.25) is 0 Å². The zero-order valence-electron chi connectivity index (χ0n) is 12.7. The van der Waals surface area contributed by atoms with Gasteiger partial charge >= 0.3 is 0 Å². The predicted octanol–water partition coefficient (Wildman–Crippen LogP) is 1.35. The minimum atomic E-state index is -0.166. The Morgan fingerprint density at radius 1 is 1.32 bits per heavy atom. The molecular weight excluding hydrogens is 278 g/mol. The van der Waals surface area contributed by atoms with Gasteiger partial charge in [0.1, 0.15) is 18.6 Å². The number of aryl methyl sites for hydroxylation is 1. The molecule has 116 valence electrons. The van der Waals surface area contributed by atoms with E-state index in [1.807, 2.05) is 6.07 Å². The van der Waals surface area contributed by atoms with Crippen molar-refractivity contribution in [2.45, 2.75) is 51.0 Å². The summed E-state index contributed by atoms with van der Waals surface area (Å²) in [7, 11) is 0. The number of aromatic nitrogens is 2. The Morgan fingerprint density at radius 2 is 2.09 bits per heavy atom. The fraction of sp³-hybridized carbons (Fsp3) is 0.625. The molecule has 6 heteroatoms. The lowest BCUT2D eigenvalue weighted by Crippen LogP contribution is -2.45. The maximum absolute atomic E-state index is 11.5. The number of carbonyl (C=O) groups is 1. The molecule has 1 amide bonds. The molecular formula is C16H21N5O. The average molecular weight is 299 g/mol. The maximum Gasteiger partial charge on any atom is 0.234 e. The van der Waals surface area contributed by atoms with Crippen molar-refractivity contribution in [1.29, 1.82) is 5.26 Å². The molecule has 0 unspecified atom stereocenters. The molecule has 0 atom stereocenters. The first kappa shape index (κ1) is 14.8. The molecule has 1 aliphatic heterocycles. The number of nitrogens with one attached hydrogen (secondary N) is 1. The molecule has 1 aliphatic carbocycles. The number of piperidine rings is 1. The zero-order valence-corrected chi connectivity index (χ0v) is 12.7. The number of amides is 1. The number of hydrogen-bond acceptors (Lipinski definition) is 5. The Hall–Kier alpha value is -2.16. The van der Waals surface area contributed by atoms with Crippen LogP contribution in [0.3, 0.4) is 0 Å². The summed E-state index contributed by atoms with van der Waals surface area (Å²) in [6.45, 7) is 1.78. The first-order valence-corrected chi connectivity index (χ1v) is 8.02. The number of nitriles is 1. The average Bonchev–Trinajstić information content (AvgIpc) is 2.55. The van der Waals surface area contributed by atoms with E-state index in [-0.39, 0.29) is 18.4 Å². The Bertz CT molecular complexity index is 587. The number of hydrogen-bond donors (Lipinski definition) is 1. The van der Waals surface area contributed by atoms with Gasteiger partial charge in [-0.25, -0.2) is 9.97 Å². The number of fused-ring (bicyclic) bond motifs is 1. The lowest BCUT2D eigenvalue weighted by molar-refractivity contribution is -0.120. The van der Waals surface area contributed by atoms with E-state index >= 15 is 0 Å². The van der Waals surface area contributed by atoms with E-state index in [0.717, 1.165) is 44.6 Å². The molecule has 0 bridgehead atoms. The highest BCUT2D eigenvalue weighted by molar-refractivity contribution is 5.78. The van der Waals surface area contributed by atoms with Crippen molar-refractivity contribution in [2.24, 2.45) is 0 Å². The van der Waals surface area contributed by atoms with Crippen molar-refractivity contribution in [2.75, 3.05) is 18.0 Å². The summed E-state index contributed by atoms with van der Waals surface area (Å²) in [5.41, 5.74) is 2.53. The lowest BCUT2D eigenvalue weighted by Gasteiger charge is -2.34. The van der Waals surface area contributed by atoms with Crippen molar-refractivity contribution < 1.29 is 4.79 Å². The Kier molecular flexibility index (Phi) is 4.52. The zero-order chi connectivity index (χ0) is 15.4. The van der Waals surface area contributed by atoms with Gasteiger partial charge < -0.3 is 10.2 Å². The summed E-state index contributed by atoms with van der Waals surface area (Å²) in [6.07, 6.45) is 7.99. The quantitative estimate of drug-likeness (QED) is 0.911. The SMILES string of the molecule is N#CCC(=O)NC1CCN(c2ncnc3c2CCCC3)CC1. The second kappa shape index (κ2) is 6.73. The number of rotatable bonds is 3. The van der Waals surface area contributed by atoms with Crippen LogP contribution in [0, 0.1) is 11.3 Å². The summed E-state index contributed by atoms with van der Waals surface area (Å²) < 4.78 is 0. The summed E-state index contributed by atoms with van der Waals surface area (Å²) in [6, 6.07) is 2.06. The van der Waals surface area contributed by atoms with Gasteiger partial charge in [-0.1, -0.05) is 0 Å². The summed E-state index contributed by atoms with van der Waals surface area (Å²) in [5.74, 6) is 0.923. The van der Waals surface area contributed by atoms with E-state index < -0.39 is 0 Å². The molecule has 1 saturated heterocycles. The fourth-order valence-electron chi connectivity index (χ4n) is 3.36. The van der Waals surface area contributed by atoms with Gasteiger partial charge in [0.15, 0.2) is 0 Å². The molecule has 0 spiro atoms. The van der Waals surface area contributed by atoms with E-state index in [1.54, 1.807) is 6.33 Å². The van der Waals surface area contributed by atoms with Gasteiger partial charge in [0.05, 0.1) is 6.07 Å². The molecule has 2 aliphatic rings. The van der Waals surface area contributed by atoms with Crippen LogP contribution in [-0.2, 0) is 17.6 Å². The van der Waals surface area contributed by atoms with E-state index in [9.17, 15) is 4.79 Å². The monoisotopic (exact) mass is 299 g/mol. The Morgan fingerprint density at radius 3 is 2.86 bits per heavy atom. The van der Waals surface area contributed by atoms with Crippen LogP contribution in [0.4, 0.5) is 5.82 Å². The van der Waals surface area contributed by atoms with Crippen LogP contribution in [0.1, 0.15) is 43.4 Å². The summed E-state index contributed by atoms with van der Waals surface area (Å²) in [4.78, 5) is 22.7. The van der Waals surface area contributed by atoms with Crippen LogP contribution in [0.15, 0.2) is 6.33 Å². The Balaban J connectivity index is 1.62. The molecule has 0 radical (unpaired) electrons. The van der Waals surface area contributed by atoms with E-state index in [1.165, 1.54) is 24.1 Å². The number of carbonyl (C=O) groups excluding carboxylic acids is 1. The van der Waals surface area contributed by atoms with Crippen molar-refractivity contribution in [3.8, 4) is 6.07 Å². The van der Waals surface area contributed by atoms with E-state index in [0.29, 0.717) is 0 Å². The first-order valence-electron chi connectivity index (χ1n) is 8.02. The molecule has 1 aromatic rings. The highest BCUT2D eigenvalue weighted by Crippen LogP contribution is 2.28. The smallest absolute Gasteiger partial charge is 0.234 e. The maximum atomic E-state index is 11.5. The third-order valence-corrected chi connectivity index (χ3v) is 4.50. The molecule has 1 N–H and O–H groups in total. The first-order chi connectivity index (χ1) is 10.8. The van der Waals surface area contributed by atoms with Gasteiger partial charge in [-0.15, -0.1) is 0 Å². The summed E-state index contributed by atoms with van der Waals surface area (Å²) in [5, 5.41) is 11.5. The Labute approximate surface area is 130 Å². The van der Waals surface area contributed by atoms with Crippen molar-refractivity contribution in [3.63, 3.8) is 0 Å². The van der Waals surface area contributed by atoms with E-state index in [2.05, 4.69) is 20.2 Å². The van der Waals surface area contributed by atoms with Gasteiger partial charge in [0, 0.05) is 30.4 Å². The highest BCUT2D eigenvalue weighted by Gasteiger charge is 2.25. The van der Waals surface area contributed by atoms with Crippen LogP contribution in [0.5, 0.6) is 0 Å². The third kappa shape index (κ3) is 3.19. The second-order valence-corrected chi connectivity index (χ2v) is 5.99. The van der Waals surface area contributed by atoms with Crippen LogP contribution < -0.4 is 10.2 Å². The van der Waals surface area contributed by atoms with Crippen LogP contribution in [0.25, 0.3) is 0 Å². The minimum Gasteiger partial charge on any atom is -0.356 e. The van der Waals surface area contributed by atoms with Crippen molar-refractivity contribution in [3.05, 3.63) is 17.6 Å². The summed E-state index contributed by atoms with van der Waals surface area (Å²) >= 11 is 0. The van der Waals surface area contributed by atoms with Gasteiger partial charge in [-0.3, -0.25) is 4.79 Å². The largest absolute Gasteiger partial charge is 0.356 e. The normalized spacial score (nSPS) is 18.4. The highest BCUT2D eigenvalue weighted by atomic mass is 16.1. The topological polar surface area (TPSA) is 81.9 Å². The fourth-order valence-corrected chi connectivity index (χ4v) is 3.36. The molecule has 1 fully saturated rings. The van der Waals surface area contributed by atoms with Gasteiger partial charge in [-0.05, 0) is 38.5 Å². The number of nitrogens with zero attached hydrogens (tertiary/aromatic N) is 4. The molecule has 0 aromatic carbocycles. The molecule has 6 nitrogen and oxygen atoms in total. The molecule has 3 rings (SSSR count). The third-order valence-electron chi connectivity index (χ3n) is 4.50. The molecule has 1 aromatic heterocycles. The number of anilines is 1. The van der Waals surface area contributed by atoms with Gasteiger partial charge in [-0.2, -0.15) is 5.26 Å². The lowest BCUT2D eigenvalue weighted by atomic mass is 9.95. The van der Waals surface area contributed by atoms with Crippen molar-refractivity contribution in [1.82, 2.24) is 15.3 Å². The van der Waals surface area contributed by atoms with Crippen LogP contribution >= 0.6 is 0 Å². The standard InChI is InChI=1S/C16H21N5O/c17-8-5-15(22)20-12-6-9-21(10-7-12)16-13-3-1-2-4-14(13)18-11-19-16/h11-12H,1-7,9-10H2,(H,20,22). The van der Waals surface area contributed by atoms with E-state index in [4.69, 9.17) is 5.26 Å². The van der Waals surface area contributed by atoms with Gasteiger partial charge in [0.2, 0.25) is 5.91 Å². The van der Waals surface area contributed by atoms with Crippen LogP contribution in [-0.4, -0.2) is 35.0 Å². The second-order valence-electron chi connectivity index (χ2n) is 5.99. The molecule has 0 saturated carbocycles. The molecule has 22 heavy (non-hydrogen) atoms. The predicted molar refractivity (Wildman–Crippen MR) is 82.3 cm³/mol. The molecule has 2 heterocycles.